The highest BCUT2D eigenvalue weighted by Crippen LogP contribution is 2.27. The van der Waals surface area contributed by atoms with Crippen molar-refractivity contribution in [3.63, 3.8) is 0 Å². The summed E-state index contributed by atoms with van der Waals surface area (Å²) < 4.78 is 1.80. The molecule has 0 aliphatic carbocycles. The number of rotatable bonds is 5. The second-order valence-corrected chi connectivity index (χ2v) is 6.68. The van der Waals surface area contributed by atoms with Crippen molar-refractivity contribution >= 4 is 33.0 Å². The summed E-state index contributed by atoms with van der Waals surface area (Å²) in [6.45, 7) is 5.47. The van der Waals surface area contributed by atoms with Crippen LogP contribution in [0.1, 0.15) is 13.8 Å². The fourth-order valence-corrected chi connectivity index (χ4v) is 3.37. The maximum absolute atomic E-state index is 8.99. The van der Waals surface area contributed by atoms with Crippen molar-refractivity contribution in [3.05, 3.63) is 35.5 Å². The molecule has 7 heteroatoms. The Morgan fingerprint density at radius 2 is 2.13 bits per heavy atom. The van der Waals surface area contributed by atoms with Gasteiger partial charge in [0.1, 0.15) is 0 Å². The molecule has 23 heavy (non-hydrogen) atoms. The number of nitriles is 1. The Morgan fingerprint density at radius 3 is 2.74 bits per heavy atom. The summed E-state index contributed by atoms with van der Waals surface area (Å²) in [4.78, 5) is 7.58. The summed E-state index contributed by atoms with van der Waals surface area (Å²) in [5.41, 5.74) is 1.89. The van der Waals surface area contributed by atoms with E-state index in [9.17, 15) is 0 Å². The highest BCUT2D eigenvalue weighted by molar-refractivity contribution is 7.20. The first kappa shape index (κ1) is 15.8. The van der Waals surface area contributed by atoms with Crippen molar-refractivity contribution in [2.75, 3.05) is 18.0 Å². The standard InChI is InChI=1S/C16H16ClN5S/c1-3-21(9-11(2)8-18)16-20-22-10-14(19-15(22)23-16)12-4-6-13(17)7-5-12/h4-7,10-11H,3,9H2,1-2H3. The third-order valence-electron chi connectivity index (χ3n) is 3.54. The second-order valence-electron chi connectivity index (χ2n) is 5.31. The van der Waals surface area contributed by atoms with Gasteiger partial charge in [-0.05, 0) is 26.0 Å². The molecule has 0 amide bonds. The number of anilines is 1. The Hall–Kier alpha value is -2.10. The molecule has 0 spiro atoms. The number of halogens is 1. The number of benzene rings is 1. The molecule has 2 heterocycles. The Labute approximate surface area is 143 Å². The van der Waals surface area contributed by atoms with Crippen molar-refractivity contribution < 1.29 is 0 Å². The maximum atomic E-state index is 8.99. The maximum Gasteiger partial charge on any atom is 0.214 e. The van der Waals surface area contributed by atoms with E-state index in [4.69, 9.17) is 16.9 Å². The van der Waals surface area contributed by atoms with E-state index in [2.05, 4.69) is 28.0 Å². The Kier molecular flexibility index (Phi) is 4.51. The fraction of sp³-hybridized carbons (Fsp3) is 0.312. The van der Waals surface area contributed by atoms with E-state index in [1.165, 1.54) is 11.3 Å². The van der Waals surface area contributed by atoms with E-state index in [1.54, 1.807) is 4.52 Å². The number of aromatic nitrogens is 3. The number of fused-ring (bicyclic) bond motifs is 1. The average Bonchev–Trinajstić information content (AvgIpc) is 3.11. The highest BCUT2D eigenvalue weighted by Gasteiger charge is 2.16. The van der Waals surface area contributed by atoms with Gasteiger partial charge in [0, 0.05) is 23.7 Å². The lowest BCUT2D eigenvalue weighted by atomic mass is 10.2. The number of imidazole rings is 1. The van der Waals surface area contributed by atoms with Crippen molar-refractivity contribution in [2.45, 2.75) is 13.8 Å². The van der Waals surface area contributed by atoms with Gasteiger partial charge in [-0.1, -0.05) is 35.1 Å². The minimum Gasteiger partial charge on any atom is -0.346 e. The molecule has 0 bridgehead atoms. The van der Waals surface area contributed by atoms with E-state index in [0.717, 1.165) is 27.9 Å². The van der Waals surface area contributed by atoms with Crippen LogP contribution in [0.15, 0.2) is 30.5 Å². The van der Waals surface area contributed by atoms with Gasteiger partial charge in [-0.25, -0.2) is 9.50 Å². The molecule has 2 aromatic heterocycles. The molecular weight excluding hydrogens is 330 g/mol. The summed E-state index contributed by atoms with van der Waals surface area (Å²) in [6.07, 6.45) is 1.92. The van der Waals surface area contributed by atoms with E-state index >= 15 is 0 Å². The summed E-state index contributed by atoms with van der Waals surface area (Å²) in [6, 6.07) is 9.86. The minimum absolute atomic E-state index is 0.0317. The first-order valence-electron chi connectivity index (χ1n) is 7.37. The van der Waals surface area contributed by atoms with E-state index in [0.29, 0.717) is 11.6 Å². The van der Waals surface area contributed by atoms with E-state index in [-0.39, 0.29) is 5.92 Å². The molecule has 0 aliphatic heterocycles. The lowest BCUT2D eigenvalue weighted by Gasteiger charge is -2.19. The molecule has 0 aliphatic rings. The fourth-order valence-electron chi connectivity index (χ4n) is 2.29. The van der Waals surface area contributed by atoms with Gasteiger partial charge in [0.15, 0.2) is 0 Å². The van der Waals surface area contributed by atoms with Crippen LogP contribution in [0.4, 0.5) is 5.13 Å². The van der Waals surface area contributed by atoms with Crippen molar-refractivity contribution in [1.82, 2.24) is 14.6 Å². The third kappa shape index (κ3) is 3.31. The van der Waals surface area contributed by atoms with Gasteiger partial charge >= 0.3 is 0 Å². The summed E-state index contributed by atoms with van der Waals surface area (Å²) >= 11 is 7.45. The average molecular weight is 346 g/mol. The smallest absolute Gasteiger partial charge is 0.214 e. The summed E-state index contributed by atoms with van der Waals surface area (Å²) in [7, 11) is 0. The molecule has 3 rings (SSSR count). The van der Waals surface area contributed by atoms with Gasteiger partial charge < -0.3 is 4.90 Å². The molecule has 0 radical (unpaired) electrons. The van der Waals surface area contributed by atoms with Gasteiger partial charge in [-0.15, -0.1) is 5.10 Å². The quantitative estimate of drug-likeness (QED) is 0.698. The molecule has 0 saturated carbocycles. The van der Waals surface area contributed by atoms with Crippen LogP contribution < -0.4 is 4.90 Å². The zero-order valence-electron chi connectivity index (χ0n) is 12.9. The number of hydrogen-bond acceptors (Lipinski definition) is 5. The molecule has 118 valence electrons. The zero-order valence-corrected chi connectivity index (χ0v) is 14.5. The van der Waals surface area contributed by atoms with Crippen molar-refractivity contribution in [1.29, 1.82) is 5.26 Å². The molecule has 0 fully saturated rings. The van der Waals surface area contributed by atoms with Gasteiger partial charge in [-0.2, -0.15) is 5.26 Å². The third-order valence-corrected chi connectivity index (χ3v) is 4.77. The largest absolute Gasteiger partial charge is 0.346 e. The molecule has 0 saturated heterocycles. The van der Waals surface area contributed by atoms with Crippen LogP contribution in [0, 0.1) is 17.2 Å². The number of hydrogen-bond donors (Lipinski definition) is 0. The van der Waals surface area contributed by atoms with E-state index in [1.807, 2.05) is 37.4 Å². The van der Waals surface area contributed by atoms with Crippen molar-refractivity contribution in [3.8, 4) is 17.3 Å². The molecule has 3 aromatic rings. The molecule has 0 N–H and O–H groups in total. The number of nitrogens with zero attached hydrogens (tertiary/aromatic N) is 5. The molecule has 5 nitrogen and oxygen atoms in total. The van der Waals surface area contributed by atoms with Crippen LogP contribution in [-0.4, -0.2) is 27.7 Å². The molecule has 1 unspecified atom stereocenters. The minimum atomic E-state index is -0.0317. The van der Waals surface area contributed by atoms with Crippen LogP contribution >= 0.6 is 22.9 Å². The summed E-state index contributed by atoms with van der Waals surface area (Å²) in [5.74, 6) is -0.0317. The van der Waals surface area contributed by atoms with Crippen LogP contribution in [0.3, 0.4) is 0 Å². The van der Waals surface area contributed by atoms with Gasteiger partial charge in [-0.3, -0.25) is 0 Å². The zero-order chi connectivity index (χ0) is 16.4. The first-order chi connectivity index (χ1) is 11.1. The molecule has 1 atom stereocenters. The Bertz CT molecular complexity index is 814. The van der Waals surface area contributed by atoms with E-state index < -0.39 is 0 Å². The normalized spacial score (nSPS) is 12.3. The lowest BCUT2D eigenvalue weighted by Crippen LogP contribution is -2.27. The van der Waals surface area contributed by atoms with Crippen LogP contribution in [0.25, 0.3) is 16.2 Å². The highest BCUT2D eigenvalue weighted by atomic mass is 35.5. The lowest BCUT2D eigenvalue weighted by molar-refractivity contribution is 0.679. The van der Waals surface area contributed by atoms with Gasteiger partial charge in [0.2, 0.25) is 10.1 Å². The van der Waals surface area contributed by atoms with Crippen molar-refractivity contribution in [2.24, 2.45) is 5.92 Å². The molecular formula is C16H16ClN5S. The first-order valence-corrected chi connectivity index (χ1v) is 8.57. The second kappa shape index (κ2) is 6.57. The SMILES string of the molecule is CCN(CC(C)C#N)c1nn2cc(-c3ccc(Cl)cc3)nc2s1. The predicted octanol–water partition coefficient (Wildman–Crippen LogP) is 4.10. The Balaban J connectivity index is 1.88. The van der Waals surface area contributed by atoms with Crippen LogP contribution in [0.5, 0.6) is 0 Å². The topological polar surface area (TPSA) is 57.2 Å². The van der Waals surface area contributed by atoms with Gasteiger partial charge in [0.25, 0.3) is 0 Å². The van der Waals surface area contributed by atoms with Gasteiger partial charge in [0.05, 0.1) is 23.9 Å². The predicted molar refractivity (Wildman–Crippen MR) is 94.0 cm³/mol. The Morgan fingerprint density at radius 1 is 1.39 bits per heavy atom. The van der Waals surface area contributed by atoms with Crippen LogP contribution in [-0.2, 0) is 0 Å². The van der Waals surface area contributed by atoms with Crippen LogP contribution in [0.2, 0.25) is 5.02 Å². The summed E-state index contributed by atoms with van der Waals surface area (Å²) in [5, 5.41) is 15.2. The monoisotopic (exact) mass is 345 g/mol. The molecule has 1 aromatic carbocycles.